The van der Waals surface area contributed by atoms with Gasteiger partial charge in [0.05, 0.1) is 5.75 Å². The van der Waals surface area contributed by atoms with Crippen molar-refractivity contribution in [3.63, 3.8) is 0 Å². The van der Waals surface area contributed by atoms with Crippen LogP contribution in [-0.2, 0) is 31.8 Å². The van der Waals surface area contributed by atoms with E-state index in [0.29, 0.717) is 12.8 Å². The lowest BCUT2D eigenvalue weighted by Crippen LogP contribution is -2.20. The van der Waals surface area contributed by atoms with E-state index in [0.717, 1.165) is 29.4 Å². The minimum atomic E-state index is -3.23. The Morgan fingerprint density at radius 2 is 1.70 bits per heavy atom. The van der Waals surface area contributed by atoms with E-state index in [1.807, 2.05) is 38.5 Å². The zero-order valence-corrected chi connectivity index (χ0v) is 18.5. The van der Waals surface area contributed by atoms with E-state index >= 15 is 0 Å². The van der Waals surface area contributed by atoms with E-state index in [2.05, 4.69) is 14.6 Å². The number of rotatable bonds is 11. The van der Waals surface area contributed by atoms with Crippen molar-refractivity contribution in [3.05, 3.63) is 35.5 Å². The van der Waals surface area contributed by atoms with Crippen molar-refractivity contribution in [2.24, 2.45) is 0 Å². The van der Waals surface area contributed by atoms with Crippen LogP contribution in [0.2, 0.25) is 0 Å². The number of hydrogen-bond acceptors (Lipinski definition) is 5. The van der Waals surface area contributed by atoms with Crippen LogP contribution in [-0.4, -0.2) is 68.1 Å². The van der Waals surface area contributed by atoms with Crippen molar-refractivity contribution in [1.29, 1.82) is 0 Å². The number of H-pyrrole nitrogens is 1. The summed E-state index contributed by atoms with van der Waals surface area (Å²) >= 11 is 0. The van der Waals surface area contributed by atoms with Gasteiger partial charge in [0, 0.05) is 36.5 Å². The van der Waals surface area contributed by atoms with Gasteiger partial charge in [0.2, 0.25) is 10.0 Å². The number of carbonyl (C=O) groups is 2. The van der Waals surface area contributed by atoms with Crippen LogP contribution in [0.3, 0.4) is 0 Å². The highest BCUT2D eigenvalue weighted by atomic mass is 32.2. The van der Waals surface area contributed by atoms with Gasteiger partial charge >= 0.3 is 11.9 Å². The van der Waals surface area contributed by atoms with E-state index in [1.165, 1.54) is 12.6 Å². The van der Waals surface area contributed by atoms with E-state index in [1.54, 1.807) is 0 Å². The zero-order valence-electron chi connectivity index (χ0n) is 17.6. The van der Waals surface area contributed by atoms with Crippen molar-refractivity contribution < 1.29 is 28.2 Å². The molecule has 9 nitrogen and oxygen atoms in total. The molecule has 30 heavy (non-hydrogen) atoms. The molecule has 0 amide bonds. The fraction of sp³-hybridized carbons (Fsp3) is 0.500. The highest BCUT2D eigenvalue weighted by molar-refractivity contribution is 7.88. The van der Waals surface area contributed by atoms with Crippen LogP contribution < -0.4 is 4.72 Å². The van der Waals surface area contributed by atoms with Crippen molar-refractivity contribution >= 4 is 32.9 Å². The molecule has 0 fully saturated rings. The molecule has 0 atom stereocenters. The molecule has 0 spiro atoms. The van der Waals surface area contributed by atoms with Gasteiger partial charge in [0.25, 0.3) is 0 Å². The maximum atomic E-state index is 11.6. The second-order valence-corrected chi connectivity index (χ2v) is 9.13. The molecule has 2 aromatic rings. The Morgan fingerprint density at radius 1 is 1.10 bits per heavy atom. The third-order valence-corrected chi connectivity index (χ3v) is 5.69. The maximum absolute atomic E-state index is 11.6. The molecule has 0 saturated carbocycles. The molecule has 1 heterocycles. The lowest BCUT2D eigenvalue weighted by atomic mass is 10.1. The van der Waals surface area contributed by atoms with Gasteiger partial charge in [-0.1, -0.05) is 6.07 Å². The number of hydrogen-bond donors (Lipinski definition) is 4. The number of fused-ring (bicyclic) bond motifs is 1. The quantitative estimate of drug-likeness (QED) is 0.391. The van der Waals surface area contributed by atoms with E-state index < -0.39 is 22.0 Å². The number of nitrogens with one attached hydrogen (secondary N) is 2. The molecule has 0 radical (unpaired) electrons. The second-order valence-electron chi connectivity index (χ2n) is 7.20. The molecule has 2 rings (SSSR count). The van der Waals surface area contributed by atoms with Gasteiger partial charge in [-0.15, -0.1) is 0 Å². The molecule has 0 unspecified atom stereocenters. The normalized spacial score (nSPS) is 11.3. The van der Waals surface area contributed by atoms with Gasteiger partial charge in [-0.25, -0.2) is 13.1 Å². The number of aromatic amines is 1. The molecule has 168 valence electrons. The molecule has 0 bridgehead atoms. The maximum Gasteiger partial charge on any atom is 0.303 e. The SMILES string of the molecule is CNS(=O)(=O)Cc1ccc2[nH]cc(CCN(C)C)c2c1.O=C(O)CCCCC(=O)O. The number of sulfonamides is 1. The Balaban J connectivity index is 0.000000382. The first kappa shape index (κ1) is 25.6. The van der Waals surface area contributed by atoms with Gasteiger partial charge in [0.1, 0.15) is 0 Å². The summed E-state index contributed by atoms with van der Waals surface area (Å²) in [4.78, 5) is 25.2. The lowest BCUT2D eigenvalue weighted by molar-refractivity contribution is -0.139. The van der Waals surface area contributed by atoms with Gasteiger partial charge in [0.15, 0.2) is 0 Å². The molecule has 0 aliphatic rings. The Kier molecular flexibility index (Phi) is 10.5. The van der Waals surface area contributed by atoms with Gasteiger partial charge in [-0.2, -0.15) is 0 Å². The second kappa shape index (κ2) is 12.3. The average Bonchev–Trinajstić information content (AvgIpc) is 3.06. The summed E-state index contributed by atoms with van der Waals surface area (Å²) in [6.45, 7) is 0.964. The smallest absolute Gasteiger partial charge is 0.303 e. The fourth-order valence-corrected chi connectivity index (χ4v) is 3.47. The molecule has 10 heteroatoms. The van der Waals surface area contributed by atoms with Crippen molar-refractivity contribution in [3.8, 4) is 0 Å². The van der Waals surface area contributed by atoms with Crippen LogP contribution in [0.1, 0.15) is 36.8 Å². The lowest BCUT2D eigenvalue weighted by Gasteiger charge is -2.08. The number of aromatic nitrogens is 1. The summed E-state index contributed by atoms with van der Waals surface area (Å²) in [6, 6.07) is 5.75. The highest BCUT2D eigenvalue weighted by Gasteiger charge is 2.11. The van der Waals surface area contributed by atoms with Crippen LogP contribution in [0.5, 0.6) is 0 Å². The molecule has 1 aromatic heterocycles. The monoisotopic (exact) mass is 441 g/mol. The zero-order chi connectivity index (χ0) is 22.7. The highest BCUT2D eigenvalue weighted by Crippen LogP contribution is 2.21. The predicted octanol–water partition coefficient (Wildman–Crippen LogP) is 2.04. The van der Waals surface area contributed by atoms with Crippen LogP contribution in [0.4, 0.5) is 0 Å². The van der Waals surface area contributed by atoms with E-state index in [9.17, 15) is 18.0 Å². The van der Waals surface area contributed by atoms with Gasteiger partial charge < -0.3 is 20.1 Å². The van der Waals surface area contributed by atoms with Crippen LogP contribution in [0, 0.1) is 0 Å². The number of carboxylic acid groups (broad SMARTS) is 2. The summed E-state index contributed by atoms with van der Waals surface area (Å²) in [6.07, 6.45) is 3.96. The molecule has 0 aliphatic carbocycles. The van der Waals surface area contributed by atoms with Crippen molar-refractivity contribution in [1.82, 2.24) is 14.6 Å². The molecular formula is C20H31N3O6S. The molecule has 0 aliphatic heterocycles. The first-order valence-corrected chi connectivity index (χ1v) is 11.3. The first-order valence-electron chi connectivity index (χ1n) is 9.62. The summed E-state index contributed by atoms with van der Waals surface area (Å²) in [5, 5.41) is 17.4. The number of nitrogens with zero attached hydrogens (tertiary/aromatic N) is 1. The Hall–Kier alpha value is -2.43. The topological polar surface area (TPSA) is 140 Å². The minimum absolute atomic E-state index is 0.0116. The Labute approximate surface area is 177 Å². The Morgan fingerprint density at radius 3 is 2.20 bits per heavy atom. The summed E-state index contributed by atoms with van der Waals surface area (Å²) < 4.78 is 25.6. The number of carboxylic acids is 2. The number of benzene rings is 1. The number of unbranched alkanes of at least 4 members (excludes halogenated alkanes) is 1. The fourth-order valence-electron chi connectivity index (χ4n) is 2.71. The summed E-state index contributed by atoms with van der Waals surface area (Å²) in [7, 11) is 2.29. The largest absolute Gasteiger partial charge is 0.481 e. The van der Waals surface area contributed by atoms with E-state index in [4.69, 9.17) is 10.2 Å². The van der Waals surface area contributed by atoms with Crippen molar-refractivity contribution in [2.45, 2.75) is 37.9 Å². The molecule has 0 saturated heterocycles. The third-order valence-electron chi connectivity index (χ3n) is 4.36. The Bertz CT molecular complexity index is 921. The first-order chi connectivity index (χ1) is 14.0. The minimum Gasteiger partial charge on any atom is -0.481 e. The number of likely N-dealkylation sites (N-methyl/N-ethyl adjacent to an activating group) is 1. The standard InChI is InChI=1S/C14H21N3O2S.C6H10O4/c1-15-20(18,19)10-11-4-5-14-13(8-11)12(9-16-14)6-7-17(2)3;7-5(8)3-1-2-4-6(9)10/h4-5,8-9,15-16H,6-7,10H2,1-3H3;1-4H2,(H,7,8)(H,9,10). The molecule has 1 aromatic carbocycles. The summed E-state index contributed by atoms with van der Waals surface area (Å²) in [5.41, 5.74) is 3.07. The molecular weight excluding hydrogens is 410 g/mol. The summed E-state index contributed by atoms with van der Waals surface area (Å²) in [5.74, 6) is -1.73. The van der Waals surface area contributed by atoms with Crippen LogP contribution in [0.15, 0.2) is 24.4 Å². The van der Waals surface area contributed by atoms with Gasteiger partial charge in [-0.05, 0) is 63.7 Å². The average molecular weight is 442 g/mol. The van der Waals surface area contributed by atoms with Crippen molar-refractivity contribution in [2.75, 3.05) is 27.7 Å². The van der Waals surface area contributed by atoms with E-state index in [-0.39, 0.29) is 18.6 Å². The molecule has 4 N–H and O–H groups in total. The third kappa shape index (κ3) is 9.86. The van der Waals surface area contributed by atoms with Crippen LogP contribution in [0.25, 0.3) is 10.9 Å². The van der Waals surface area contributed by atoms with Gasteiger partial charge in [-0.3, -0.25) is 9.59 Å². The van der Waals surface area contributed by atoms with Crippen LogP contribution >= 0.6 is 0 Å². The number of aliphatic carboxylic acids is 2. The predicted molar refractivity (Wildman–Crippen MR) is 116 cm³/mol.